The minimum atomic E-state index is 0.00324. The molecule has 4 rings (SSSR count). The minimum Gasteiger partial charge on any atom is -0.376 e. The Kier molecular flexibility index (Phi) is 4.36. The molecule has 0 aliphatic carbocycles. The number of hydrogen-bond acceptors (Lipinski definition) is 3. The van der Waals surface area contributed by atoms with Crippen molar-refractivity contribution in [1.29, 1.82) is 0 Å². The van der Waals surface area contributed by atoms with Crippen molar-refractivity contribution >= 4 is 5.91 Å². The molecule has 25 heavy (non-hydrogen) atoms. The second-order valence-corrected chi connectivity index (χ2v) is 7.19. The van der Waals surface area contributed by atoms with Gasteiger partial charge in [0.15, 0.2) is 0 Å². The van der Waals surface area contributed by atoms with Crippen LogP contribution in [-0.2, 0) is 11.8 Å². The molecule has 0 bridgehead atoms. The van der Waals surface area contributed by atoms with Crippen LogP contribution in [0.5, 0.6) is 0 Å². The molecule has 1 amide bonds. The molecule has 0 radical (unpaired) electrons. The van der Waals surface area contributed by atoms with E-state index in [1.54, 1.807) is 0 Å². The second kappa shape index (κ2) is 6.65. The summed E-state index contributed by atoms with van der Waals surface area (Å²) in [6, 6.07) is 14.7. The molecular weight excluding hydrogens is 314 g/mol. The number of hydrogen-bond donors (Lipinski definition) is 1. The van der Waals surface area contributed by atoms with Crippen molar-refractivity contribution in [3.05, 3.63) is 48.2 Å². The van der Waals surface area contributed by atoms with Crippen LogP contribution in [0.4, 0.5) is 0 Å². The number of carbonyl (C=O) groups excluding carboxylic acids is 1. The first-order valence-corrected chi connectivity index (χ1v) is 8.99. The Labute approximate surface area is 148 Å². The highest BCUT2D eigenvalue weighted by atomic mass is 16.5. The van der Waals surface area contributed by atoms with E-state index in [0.717, 1.165) is 37.4 Å². The molecule has 5 heteroatoms. The maximum atomic E-state index is 12.8. The summed E-state index contributed by atoms with van der Waals surface area (Å²) in [5.41, 5.74) is 2.87. The molecule has 0 unspecified atom stereocenters. The highest BCUT2D eigenvalue weighted by Gasteiger charge is 2.37. The molecule has 1 aromatic carbocycles. The van der Waals surface area contributed by atoms with Gasteiger partial charge in [0.05, 0.1) is 12.7 Å². The molecule has 1 N–H and O–H groups in total. The Morgan fingerprint density at radius 2 is 1.96 bits per heavy atom. The van der Waals surface area contributed by atoms with E-state index in [1.807, 2.05) is 41.9 Å². The summed E-state index contributed by atoms with van der Waals surface area (Å²) in [5.74, 6) is 0.00324. The zero-order valence-electron chi connectivity index (χ0n) is 14.8. The van der Waals surface area contributed by atoms with E-state index in [-0.39, 0.29) is 18.1 Å². The second-order valence-electron chi connectivity index (χ2n) is 7.19. The van der Waals surface area contributed by atoms with Crippen LogP contribution in [0.1, 0.15) is 23.8 Å². The van der Waals surface area contributed by atoms with Crippen molar-refractivity contribution in [3.8, 4) is 11.3 Å². The van der Waals surface area contributed by atoms with Gasteiger partial charge in [-0.3, -0.25) is 9.69 Å². The van der Waals surface area contributed by atoms with E-state index in [2.05, 4.69) is 29.3 Å². The number of nitrogens with zero attached hydrogens (tertiary/aromatic N) is 2. The van der Waals surface area contributed by atoms with Crippen molar-refractivity contribution < 1.29 is 9.53 Å². The van der Waals surface area contributed by atoms with E-state index in [4.69, 9.17) is 4.74 Å². The molecule has 0 saturated carbocycles. The Morgan fingerprint density at radius 3 is 2.76 bits per heavy atom. The molecular formula is C20H25N3O2. The smallest absolute Gasteiger partial charge is 0.268 e. The summed E-state index contributed by atoms with van der Waals surface area (Å²) in [4.78, 5) is 15.2. The number of aromatic nitrogens is 1. The van der Waals surface area contributed by atoms with Gasteiger partial charge >= 0.3 is 0 Å². The van der Waals surface area contributed by atoms with Gasteiger partial charge in [0.1, 0.15) is 5.69 Å². The predicted octanol–water partition coefficient (Wildman–Crippen LogP) is 2.28. The lowest BCUT2D eigenvalue weighted by Gasteiger charge is -2.33. The van der Waals surface area contributed by atoms with Crippen LogP contribution in [0.25, 0.3) is 11.3 Å². The van der Waals surface area contributed by atoms with Crippen LogP contribution in [0.15, 0.2) is 42.5 Å². The van der Waals surface area contributed by atoms with E-state index < -0.39 is 0 Å². The SMILES string of the molecule is C[C@@H]1CN2C[C@H](NC(=O)c3ccc(-c4ccccc4)n3C)C[C@H]2CO1. The van der Waals surface area contributed by atoms with Crippen LogP contribution in [0, 0.1) is 0 Å². The molecule has 2 aliphatic heterocycles. The molecule has 3 atom stereocenters. The number of morpholine rings is 1. The highest BCUT2D eigenvalue weighted by molar-refractivity contribution is 5.94. The summed E-state index contributed by atoms with van der Waals surface area (Å²) < 4.78 is 7.71. The molecule has 2 aliphatic rings. The van der Waals surface area contributed by atoms with Gasteiger partial charge in [0.25, 0.3) is 5.91 Å². The normalized spacial score (nSPS) is 26.4. The summed E-state index contributed by atoms with van der Waals surface area (Å²) in [5, 5.41) is 3.22. The quantitative estimate of drug-likeness (QED) is 0.933. The fourth-order valence-corrected chi connectivity index (χ4v) is 4.04. The summed E-state index contributed by atoms with van der Waals surface area (Å²) in [6.45, 7) is 4.76. The summed E-state index contributed by atoms with van der Waals surface area (Å²) in [7, 11) is 1.95. The average molecular weight is 339 g/mol. The standard InChI is InChI=1S/C20H25N3O2/c1-14-11-23-12-16(10-17(23)13-25-14)21-20(24)19-9-8-18(22(19)2)15-6-4-3-5-7-15/h3-9,14,16-17H,10-13H2,1-2H3,(H,21,24)/t14-,16-,17+/m1/s1. The van der Waals surface area contributed by atoms with Crippen LogP contribution in [-0.4, -0.2) is 53.3 Å². The van der Waals surface area contributed by atoms with Gasteiger partial charge in [-0.15, -0.1) is 0 Å². The number of nitrogens with one attached hydrogen (secondary N) is 1. The number of ether oxygens (including phenoxy) is 1. The molecule has 132 valence electrons. The Bertz CT molecular complexity index is 756. The third-order valence-electron chi connectivity index (χ3n) is 5.35. The number of rotatable bonds is 3. The fourth-order valence-electron chi connectivity index (χ4n) is 4.04. The van der Waals surface area contributed by atoms with Crippen molar-refractivity contribution in [3.63, 3.8) is 0 Å². The Hall–Kier alpha value is -2.11. The third-order valence-corrected chi connectivity index (χ3v) is 5.35. The highest BCUT2D eigenvalue weighted by Crippen LogP contribution is 2.24. The molecule has 3 heterocycles. The van der Waals surface area contributed by atoms with Crippen molar-refractivity contribution in [2.45, 2.75) is 31.5 Å². The van der Waals surface area contributed by atoms with Crippen molar-refractivity contribution in [1.82, 2.24) is 14.8 Å². The predicted molar refractivity (Wildman–Crippen MR) is 97.5 cm³/mol. The van der Waals surface area contributed by atoms with Gasteiger partial charge in [-0.05, 0) is 31.0 Å². The van der Waals surface area contributed by atoms with Crippen LogP contribution < -0.4 is 5.32 Å². The van der Waals surface area contributed by atoms with Gasteiger partial charge in [-0.2, -0.15) is 0 Å². The van der Waals surface area contributed by atoms with Gasteiger partial charge in [-0.1, -0.05) is 30.3 Å². The van der Waals surface area contributed by atoms with Gasteiger partial charge in [-0.25, -0.2) is 0 Å². The average Bonchev–Trinajstić information content (AvgIpc) is 3.18. The summed E-state index contributed by atoms with van der Waals surface area (Å²) >= 11 is 0. The minimum absolute atomic E-state index is 0.00324. The first-order valence-electron chi connectivity index (χ1n) is 8.99. The van der Waals surface area contributed by atoms with Crippen LogP contribution in [0.3, 0.4) is 0 Å². The van der Waals surface area contributed by atoms with Gasteiger partial charge in [0, 0.05) is 37.9 Å². The lowest BCUT2D eigenvalue weighted by Crippen LogP contribution is -2.45. The zero-order chi connectivity index (χ0) is 17.4. The molecule has 2 aromatic rings. The third kappa shape index (κ3) is 3.22. The lowest BCUT2D eigenvalue weighted by atomic mass is 10.1. The zero-order valence-corrected chi connectivity index (χ0v) is 14.8. The van der Waals surface area contributed by atoms with E-state index in [1.165, 1.54) is 0 Å². The number of benzene rings is 1. The molecule has 0 spiro atoms. The maximum absolute atomic E-state index is 12.8. The molecule has 1 aromatic heterocycles. The number of carbonyl (C=O) groups is 1. The Morgan fingerprint density at radius 1 is 1.16 bits per heavy atom. The maximum Gasteiger partial charge on any atom is 0.268 e. The topological polar surface area (TPSA) is 46.5 Å². The molecule has 2 saturated heterocycles. The largest absolute Gasteiger partial charge is 0.376 e. The van der Waals surface area contributed by atoms with E-state index >= 15 is 0 Å². The number of amides is 1. The van der Waals surface area contributed by atoms with E-state index in [0.29, 0.717) is 11.7 Å². The van der Waals surface area contributed by atoms with Crippen molar-refractivity contribution in [2.24, 2.45) is 7.05 Å². The fraction of sp³-hybridized carbons (Fsp3) is 0.450. The summed E-state index contributed by atoms with van der Waals surface area (Å²) in [6.07, 6.45) is 1.25. The lowest BCUT2D eigenvalue weighted by molar-refractivity contribution is -0.0390. The monoisotopic (exact) mass is 339 g/mol. The van der Waals surface area contributed by atoms with Gasteiger partial charge < -0.3 is 14.6 Å². The first-order chi connectivity index (χ1) is 12.1. The first kappa shape index (κ1) is 16.4. The van der Waals surface area contributed by atoms with E-state index in [9.17, 15) is 4.79 Å². The van der Waals surface area contributed by atoms with Crippen molar-refractivity contribution in [2.75, 3.05) is 19.7 Å². The molecule has 5 nitrogen and oxygen atoms in total. The Balaban J connectivity index is 1.45. The van der Waals surface area contributed by atoms with Gasteiger partial charge in [0.2, 0.25) is 0 Å². The number of fused-ring (bicyclic) bond motifs is 1. The van der Waals surface area contributed by atoms with Crippen LogP contribution >= 0.6 is 0 Å². The van der Waals surface area contributed by atoms with Crippen LogP contribution in [0.2, 0.25) is 0 Å². The molecule has 2 fully saturated rings.